The molecular weight excluding hydrogens is 400 g/mol. The van der Waals surface area contributed by atoms with E-state index in [1.54, 1.807) is 28.4 Å². The molecule has 1 amide bonds. The largest absolute Gasteiger partial charge is 0.334 e. The summed E-state index contributed by atoms with van der Waals surface area (Å²) < 4.78 is 24.4. The van der Waals surface area contributed by atoms with Crippen molar-refractivity contribution in [2.24, 2.45) is 0 Å². The number of halogens is 1. The molecular formula is C15H21BrN2O3S2. The van der Waals surface area contributed by atoms with Crippen LogP contribution in [0.1, 0.15) is 11.3 Å². The second-order valence-corrected chi connectivity index (χ2v) is 10.6. The molecule has 1 fully saturated rings. The molecule has 1 atom stereocenters. The first kappa shape index (κ1) is 18.6. The second kappa shape index (κ2) is 7.92. The van der Waals surface area contributed by atoms with Crippen LogP contribution in [-0.2, 0) is 14.6 Å². The highest BCUT2D eigenvalue weighted by Gasteiger charge is 2.33. The van der Waals surface area contributed by atoms with Gasteiger partial charge in [-0.05, 0) is 54.7 Å². The lowest BCUT2D eigenvalue weighted by Crippen LogP contribution is -2.43. The van der Waals surface area contributed by atoms with Crippen LogP contribution in [0.15, 0.2) is 22.0 Å². The zero-order valence-electron chi connectivity index (χ0n) is 13.2. The number of carbonyl (C=O) groups is 1. The predicted octanol–water partition coefficient (Wildman–Crippen LogP) is 2.10. The summed E-state index contributed by atoms with van der Waals surface area (Å²) in [6.45, 7) is 1.24. The van der Waals surface area contributed by atoms with Gasteiger partial charge in [0, 0.05) is 30.1 Å². The number of nitrogens with zero attached hydrogens (tertiary/aromatic N) is 2. The third kappa shape index (κ3) is 5.70. The van der Waals surface area contributed by atoms with Crippen LogP contribution >= 0.6 is 27.3 Å². The maximum Gasteiger partial charge on any atom is 0.246 e. The van der Waals surface area contributed by atoms with Gasteiger partial charge in [-0.3, -0.25) is 4.79 Å². The van der Waals surface area contributed by atoms with Crippen molar-refractivity contribution < 1.29 is 13.2 Å². The molecule has 1 aromatic heterocycles. The van der Waals surface area contributed by atoms with Gasteiger partial charge in [0.25, 0.3) is 0 Å². The highest BCUT2D eigenvalue weighted by atomic mass is 79.9. The molecule has 0 aromatic carbocycles. The van der Waals surface area contributed by atoms with Gasteiger partial charge < -0.3 is 9.80 Å². The summed E-state index contributed by atoms with van der Waals surface area (Å²) in [6.07, 6.45) is 3.85. The Kier molecular flexibility index (Phi) is 6.41. The van der Waals surface area contributed by atoms with Gasteiger partial charge in [0.15, 0.2) is 9.84 Å². The summed E-state index contributed by atoms with van der Waals surface area (Å²) in [4.78, 5) is 17.2. The minimum atomic E-state index is -3.01. The fraction of sp³-hybridized carbons (Fsp3) is 0.533. The summed E-state index contributed by atoms with van der Waals surface area (Å²) >= 11 is 4.94. The van der Waals surface area contributed by atoms with Crippen LogP contribution in [0.2, 0.25) is 0 Å². The molecule has 0 bridgehead atoms. The van der Waals surface area contributed by atoms with Crippen LogP contribution in [0.25, 0.3) is 6.08 Å². The highest BCUT2D eigenvalue weighted by Crippen LogP contribution is 2.23. The molecule has 1 aliphatic rings. The second-order valence-electron chi connectivity index (χ2n) is 5.87. The van der Waals surface area contributed by atoms with E-state index in [-0.39, 0.29) is 23.5 Å². The quantitative estimate of drug-likeness (QED) is 0.661. The van der Waals surface area contributed by atoms with Crippen molar-refractivity contribution in [2.45, 2.75) is 12.5 Å². The van der Waals surface area contributed by atoms with Crippen molar-refractivity contribution >= 4 is 49.1 Å². The average Bonchev–Trinajstić information content (AvgIpc) is 3.02. The van der Waals surface area contributed by atoms with E-state index in [0.29, 0.717) is 19.5 Å². The number of carbonyl (C=O) groups excluding carboxylic acids is 1. The molecule has 5 nitrogen and oxygen atoms in total. The lowest BCUT2D eigenvalue weighted by atomic mass is 10.2. The van der Waals surface area contributed by atoms with Gasteiger partial charge in [-0.15, -0.1) is 11.3 Å². The van der Waals surface area contributed by atoms with Gasteiger partial charge in [0.2, 0.25) is 5.91 Å². The van der Waals surface area contributed by atoms with E-state index in [9.17, 15) is 13.2 Å². The van der Waals surface area contributed by atoms with Gasteiger partial charge >= 0.3 is 0 Å². The van der Waals surface area contributed by atoms with E-state index in [1.807, 2.05) is 31.1 Å². The zero-order valence-corrected chi connectivity index (χ0v) is 16.5. The Morgan fingerprint density at radius 1 is 1.39 bits per heavy atom. The molecule has 0 radical (unpaired) electrons. The number of rotatable bonds is 6. The molecule has 23 heavy (non-hydrogen) atoms. The van der Waals surface area contributed by atoms with E-state index in [4.69, 9.17) is 0 Å². The normalized spacial score (nSPS) is 20.4. The zero-order chi connectivity index (χ0) is 17.0. The Labute approximate surface area is 150 Å². The molecule has 1 saturated heterocycles. The lowest BCUT2D eigenvalue weighted by Gasteiger charge is -2.28. The topological polar surface area (TPSA) is 57.7 Å². The first-order valence-electron chi connectivity index (χ1n) is 7.36. The maximum atomic E-state index is 12.6. The van der Waals surface area contributed by atoms with Crippen molar-refractivity contribution in [3.8, 4) is 0 Å². The van der Waals surface area contributed by atoms with Gasteiger partial charge in [-0.25, -0.2) is 8.42 Å². The van der Waals surface area contributed by atoms with Crippen LogP contribution in [0.3, 0.4) is 0 Å². The summed E-state index contributed by atoms with van der Waals surface area (Å²) in [5, 5.41) is 0. The van der Waals surface area contributed by atoms with E-state index in [0.717, 1.165) is 8.66 Å². The smallest absolute Gasteiger partial charge is 0.246 e. The fourth-order valence-electron chi connectivity index (χ4n) is 2.47. The number of sulfone groups is 1. The first-order chi connectivity index (χ1) is 10.8. The molecule has 8 heteroatoms. The third-order valence-electron chi connectivity index (χ3n) is 3.70. The minimum absolute atomic E-state index is 0.0740. The highest BCUT2D eigenvalue weighted by molar-refractivity contribution is 9.11. The van der Waals surface area contributed by atoms with Crippen LogP contribution in [0, 0.1) is 0 Å². The molecule has 0 saturated carbocycles. The fourth-order valence-corrected chi connectivity index (χ4v) is 5.53. The minimum Gasteiger partial charge on any atom is -0.334 e. The molecule has 128 valence electrons. The summed E-state index contributed by atoms with van der Waals surface area (Å²) in [5.74, 6) is 0.119. The van der Waals surface area contributed by atoms with Crippen LogP contribution in [0.4, 0.5) is 0 Å². The number of amides is 1. The van der Waals surface area contributed by atoms with Crippen LogP contribution in [-0.4, -0.2) is 68.9 Å². The van der Waals surface area contributed by atoms with Crippen molar-refractivity contribution in [1.29, 1.82) is 0 Å². The molecule has 2 heterocycles. The average molecular weight is 421 g/mol. The standard InChI is InChI=1S/C15H21BrN2O3S2/c1-17(2)8-9-18(12-7-10-23(20,21)11-12)15(19)6-4-13-3-5-14(16)22-13/h3-6,12H,7-11H2,1-2H3. The molecule has 1 aromatic rings. The summed E-state index contributed by atoms with van der Waals surface area (Å²) in [6, 6.07) is 3.65. The molecule has 2 rings (SSSR count). The Balaban J connectivity index is 2.09. The van der Waals surface area contributed by atoms with Crippen molar-refractivity contribution in [1.82, 2.24) is 9.80 Å². The predicted molar refractivity (Wildman–Crippen MR) is 98.4 cm³/mol. The van der Waals surface area contributed by atoms with Gasteiger partial charge in [0.05, 0.1) is 15.3 Å². The Bertz CT molecular complexity index is 683. The number of thiophene rings is 1. The molecule has 1 unspecified atom stereocenters. The van der Waals surface area contributed by atoms with E-state index in [2.05, 4.69) is 15.9 Å². The molecule has 0 spiro atoms. The summed E-state index contributed by atoms with van der Waals surface area (Å²) in [5.41, 5.74) is 0. The van der Waals surface area contributed by atoms with Crippen molar-refractivity contribution in [2.75, 3.05) is 38.7 Å². The van der Waals surface area contributed by atoms with E-state index < -0.39 is 9.84 Å². The third-order valence-corrected chi connectivity index (χ3v) is 7.04. The Morgan fingerprint density at radius 2 is 2.13 bits per heavy atom. The van der Waals surface area contributed by atoms with E-state index >= 15 is 0 Å². The van der Waals surface area contributed by atoms with Crippen LogP contribution in [0.5, 0.6) is 0 Å². The Hall–Kier alpha value is -0.700. The van der Waals surface area contributed by atoms with E-state index in [1.165, 1.54) is 0 Å². The lowest BCUT2D eigenvalue weighted by molar-refractivity contribution is -0.127. The van der Waals surface area contributed by atoms with Crippen molar-refractivity contribution in [3.63, 3.8) is 0 Å². The molecule has 1 aliphatic heterocycles. The molecule has 0 aliphatic carbocycles. The first-order valence-corrected chi connectivity index (χ1v) is 10.8. The number of hydrogen-bond donors (Lipinski definition) is 0. The number of hydrogen-bond acceptors (Lipinski definition) is 5. The van der Waals surface area contributed by atoms with Gasteiger partial charge in [0.1, 0.15) is 0 Å². The Morgan fingerprint density at radius 3 is 2.65 bits per heavy atom. The van der Waals surface area contributed by atoms with Gasteiger partial charge in [-0.1, -0.05) is 0 Å². The maximum absolute atomic E-state index is 12.6. The number of likely N-dealkylation sites (N-methyl/N-ethyl adjacent to an activating group) is 1. The monoisotopic (exact) mass is 420 g/mol. The molecule has 0 N–H and O–H groups in total. The summed E-state index contributed by atoms with van der Waals surface area (Å²) in [7, 11) is 0.863. The van der Waals surface area contributed by atoms with Crippen molar-refractivity contribution in [3.05, 3.63) is 26.9 Å². The van der Waals surface area contributed by atoms with Gasteiger partial charge in [-0.2, -0.15) is 0 Å². The SMILES string of the molecule is CN(C)CCN(C(=O)C=Cc1ccc(Br)s1)C1CCS(=O)(=O)C1. The van der Waals surface area contributed by atoms with Crippen LogP contribution < -0.4 is 0 Å².